The Balaban J connectivity index is 0. The number of rotatable bonds is 0. The van der Waals surface area contributed by atoms with E-state index in [4.69, 9.17) is 21.0 Å². The molecule has 3 rings (SSSR count). The summed E-state index contributed by atoms with van der Waals surface area (Å²) in [6.07, 6.45) is 3.46. The molecule has 3 radical (unpaired) electrons. The summed E-state index contributed by atoms with van der Waals surface area (Å²) in [7, 11) is 4.69. The molecule has 0 saturated heterocycles. The van der Waals surface area contributed by atoms with E-state index in [1.807, 2.05) is 24.3 Å². The summed E-state index contributed by atoms with van der Waals surface area (Å²) < 4.78 is 0. The van der Waals surface area contributed by atoms with E-state index >= 15 is 0 Å². The van der Waals surface area contributed by atoms with Crippen LogP contribution in [0.1, 0.15) is 0 Å². The van der Waals surface area contributed by atoms with Gasteiger partial charge in [-0.05, 0) is 24.3 Å². The fourth-order valence-corrected chi connectivity index (χ4v) is 1.91. The first-order valence-electron chi connectivity index (χ1n) is 5.09. The van der Waals surface area contributed by atoms with Gasteiger partial charge in [0.25, 0.3) is 0 Å². The number of hydrogen-bond donors (Lipinski definition) is 2. The van der Waals surface area contributed by atoms with E-state index in [-0.39, 0.29) is 50.3 Å². The predicted molar refractivity (Wildman–Crippen MR) is 71.7 cm³/mol. The number of halogens is 1. The van der Waals surface area contributed by atoms with Crippen molar-refractivity contribution in [2.75, 3.05) is 11.5 Å². The number of fused-ring (bicyclic) bond motifs is 3. The smallest absolute Gasteiger partial charge is 0 e. The van der Waals surface area contributed by atoms with Crippen molar-refractivity contribution in [3.05, 3.63) is 36.7 Å². The van der Waals surface area contributed by atoms with Crippen molar-refractivity contribution in [2.45, 2.75) is 0 Å². The van der Waals surface area contributed by atoms with Crippen molar-refractivity contribution < 1.29 is 68.5 Å². The molecule has 0 unspecified atom stereocenters. The number of benzene rings is 1. The number of nitrogens with two attached hydrogens (primary N) is 2. The maximum atomic E-state index is 5.99. The van der Waals surface area contributed by atoms with Crippen molar-refractivity contribution in [2.24, 2.45) is 0 Å². The zero-order valence-electron chi connectivity index (χ0n) is 10.3. The first kappa shape index (κ1) is 23.4. The molecule has 0 aliphatic carbocycles. The molecule has 119 valence electrons. The zero-order valence-corrected chi connectivity index (χ0v) is 16.9. The Hall–Kier alpha value is 0.112. The van der Waals surface area contributed by atoms with Crippen LogP contribution in [0.5, 0.6) is 0 Å². The van der Waals surface area contributed by atoms with Gasteiger partial charge in [-0.2, -0.15) is 0 Å². The van der Waals surface area contributed by atoms with Gasteiger partial charge in [-0.15, -0.1) is 0 Å². The molecule has 1 aromatic carbocycles. The molecule has 0 atom stereocenters. The fraction of sp³-hybridized carbons (Fsp3) is 0. The summed E-state index contributed by atoms with van der Waals surface area (Å²) in [5.74, 6) is 0. The van der Waals surface area contributed by atoms with Crippen molar-refractivity contribution in [3.63, 3.8) is 0 Å². The molecule has 2 heterocycles. The third-order valence-electron chi connectivity index (χ3n) is 2.71. The quantitative estimate of drug-likeness (QED) is 0.234. The molecule has 3 aromatic rings. The second-order valence-electron chi connectivity index (χ2n) is 3.63. The van der Waals surface area contributed by atoms with E-state index in [1.54, 1.807) is 12.4 Å². The van der Waals surface area contributed by atoms with Crippen molar-refractivity contribution in [1.82, 2.24) is 9.97 Å². The van der Waals surface area contributed by atoms with Crippen LogP contribution in [-0.4, -0.2) is 9.97 Å². The molecule has 21 heavy (non-hydrogen) atoms. The van der Waals surface area contributed by atoms with Crippen molar-refractivity contribution >= 4 is 42.7 Å². The number of aromatic nitrogens is 2. The summed E-state index contributed by atoms with van der Waals surface area (Å²) in [5.41, 5.74) is 14.7. The van der Waals surface area contributed by atoms with Gasteiger partial charge in [0, 0.05) is 73.5 Å². The Morgan fingerprint density at radius 1 is 0.762 bits per heavy atom. The van der Waals surface area contributed by atoms with Crippen LogP contribution in [0.2, 0.25) is 0 Å². The Bertz CT molecular complexity index is 654. The minimum atomic E-state index is 0. The number of pyridine rings is 2. The Morgan fingerprint density at radius 2 is 1.10 bits per heavy atom. The van der Waals surface area contributed by atoms with E-state index < -0.39 is 0 Å². The van der Waals surface area contributed by atoms with Gasteiger partial charge in [0.05, 0.1) is 22.4 Å². The summed E-state index contributed by atoms with van der Waals surface area (Å²) in [6, 6.07) is 7.49. The van der Waals surface area contributed by atoms with Gasteiger partial charge in [0.15, 0.2) is 0 Å². The van der Waals surface area contributed by atoms with Crippen LogP contribution in [0.3, 0.4) is 0 Å². The average Bonchev–Trinajstić information content (AvgIpc) is 2.47. The monoisotopic (exact) mass is 609 g/mol. The minimum absolute atomic E-state index is 0. The summed E-state index contributed by atoms with van der Waals surface area (Å²) in [5, 5.41) is 1.71. The summed E-state index contributed by atoms with van der Waals surface area (Å²) >= 11 is 1.19. The molecule has 0 bridgehead atoms. The molecule has 0 spiro atoms. The molecule has 0 aliphatic rings. The van der Waals surface area contributed by atoms with Crippen LogP contribution >= 0.6 is 9.53 Å². The maximum absolute atomic E-state index is 5.99. The van der Waals surface area contributed by atoms with Gasteiger partial charge < -0.3 is 11.5 Å². The summed E-state index contributed by atoms with van der Waals surface area (Å²) in [6.45, 7) is 0. The molecule has 4 nitrogen and oxygen atoms in total. The standard InChI is InChI=1S/C12H10N4.ClH.3Co.Re/c13-9-7-3-1-5-15-11(7)12-8(10(9)14)4-2-6-16-12;;;;;/h1-6H,13-14H2;1H;;;;/q;;;;;+1/p-1. The number of hydrogen-bond acceptors (Lipinski definition) is 4. The molecule has 4 N–H and O–H groups in total. The first-order chi connectivity index (χ1) is 8.79. The van der Waals surface area contributed by atoms with Gasteiger partial charge in [0.2, 0.25) is 0 Å². The average molecular weight is 609 g/mol. The Labute approximate surface area is 168 Å². The van der Waals surface area contributed by atoms with Gasteiger partial charge in [0.1, 0.15) is 0 Å². The Morgan fingerprint density at radius 3 is 1.43 bits per heavy atom. The zero-order chi connectivity index (χ0) is 13.1. The molecular weight excluding hydrogens is 599 g/mol. The topological polar surface area (TPSA) is 77.8 Å². The summed E-state index contributed by atoms with van der Waals surface area (Å²) in [4.78, 5) is 8.63. The fourth-order valence-electron chi connectivity index (χ4n) is 1.91. The largest absolute Gasteiger partial charge is 0 e. The van der Waals surface area contributed by atoms with Gasteiger partial charge >= 0.3 is 27.7 Å². The van der Waals surface area contributed by atoms with Crippen LogP contribution in [0.4, 0.5) is 11.4 Å². The third-order valence-corrected chi connectivity index (χ3v) is 2.71. The number of anilines is 2. The third kappa shape index (κ3) is 4.54. The maximum Gasteiger partial charge on any atom is 0 e. The number of nitrogen functional groups attached to an aromatic ring is 2. The van der Waals surface area contributed by atoms with Crippen LogP contribution in [0, 0.1) is 0 Å². The molecule has 0 amide bonds. The molecule has 2 aromatic heterocycles. The van der Waals surface area contributed by atoms with Gasteiger partial charge in [-0.3, -0.25) is 9.97 Å². The second-order valence-corrected chi connectivity index (χ2v) is 3.63. The van der Waals surface area contributed by atoms with E-state index in [9.17, 15) is 0 Å². The van der Waals surface area contributed by atoms with Crippen LogP contribution in [0.25, 0.3) is 21.8 Å². The van der Waals surface area contributed by atoms with E-state index in [0.717, 1.165) is 21.8 Å². The van der Waals surface area contributed by atoms with Crippen LogP contribution in [0.15, 0.2) is 36.7 Å². The SMILES string of the molecule is Nc1c(N)c2cccnc2c2ncccc12.[Cl][Re].[Co].[Co].[Co]. The van der Waals surface area contributed by atoms with E-state index in [0.29, 0.717) is 11.4 Å². The predicted octanol–water partition coefficient (Wildman–Crippen LogP) is 2.63. The Kier molecular flexibility index (Phi) is 12.0. The molecule has 9 heteroatoms. The van der Waals surface area contributed by atoms with Gasteiger partial charge in [-0.1, -0.05) is 0 Å². The normalized spacial score (nSPS) is 8.67. The van der Waals surface area contributed by atoms with Gasteiger partial charge in [-0.25, -0.2) is 0 Å². The van der Waals surface area contributed by atoms with E-state index in [1.165, 1.54) is 18.2 Å². The minimum Gasteiger partial charge on any atom is 0 e. The van der Waals surface area contributed by atoms with Crippen molar-refractivity contribution in [3.8, 4) is 0 Å². The van der Waals surface area contributed by atoms with Crippen molar-refractivity contribution in [1.29, 1.82) is 0 Å². The van der Waals surface area contributed by atoms with Crippen LogP contribution < -0.4 is 11.5 Å². The van der Waals surface area contributed by atoms with Crippen LogP contribution in [-0.2, 0) is 68.5 Å². The molecular formula is C12H10ClCo3N4Re. The second kappa shape index (κ2) is 10.8. The molecule has 0 aliphatic heterocycles. The first-order valence-corrected chi connectivity index (χ1v) is 8.46. The molecule has 0 fully saturated rings. The van der Waals surface area contributed by atoms with E-state index in [2.05, 4.69) is 9.97 Å². The molecule has 0 saturated carbocycles. The number of nitrogens with zero attached hydrogens (tertiary/aromatic N) is 2.